The van der Waals surface area contributed by atoms with Gasteiger partial charge in [-0.3, -0.25) is 0 Å². The zero-order chi connectivity index (χ0) is 9.00. The van der Waals surface area contributed by atoms with E-state index in [4.69, 9.17) is 38.4 Å². The van der Waals surface area contributed by atoms with Crippen molar-refractivity contribution in [3.05, 3.63) is 0 Å². The van der Waals surface area contributed by atoms with Crippen LogP contribution in [-0.4, -0.2) is 56.5 Å². The van der Waals surface area contributed by atoms with Gasteiger partial charge in [0.1, 0.15) is 0 Å². The molecule has 70 valence electrons. The average molecular weight is 305 g/mol. The van der Waals surface area contributed by atoms with Gasteiger partial charge in [0, 0.05) is 41.2 Å². The van der Waals surface area contributed by atoms with Gasteiger partial charge in [-0.25, -0.2) is 0 Å². The summed E-state index contributed by atoms with van der Waals surface area (Å²) in [6, 6.07) is 0. The number of rotatable bonds is 0. The molecule has 0 aliphatic rings. The van der Waals surface area contributed by atoms with E-state index < -0.39 is 18.1 Å². The van der Waals surface area contributed by atoms with Crippen molar-refractivity contribution >= 4 is 18.1 Å². The molecular weight excluding hydrogens is 297 g/mol. The second kappa shape index (κ2) is 9.02. The zero-order valence-corrected chi connectivity index (χ0v) is 12.3. The SMILES string of the molecule is O[Si](O)(O)O.O[Si](O)(O)O.[Ti].[Zn]. The third-order valence-corrected chi connectivity index (χ3v) is 0. The third-order valence-electron chi connectivity index (χ3n) is 0. The Bertz CT molecular complexity index is 60.0. The first kappa shape index (κ1) is 23.3. The molecule has 0 spiro atoms. The van der Waals surface area contributed by atoms with Crippen molar-refractivity contribution < 1.29 is 79.6 Å². The molecule has 0 aromatic carbocycles. The molecule has 8 nitrogen and oxygen atoms in total. The molecule has 0 aliphatic heterocycles. The van der Waals surface area contributed by atoms with E-state index in [1.807, 2.05) is 0 Å². The van der Waals surface area contributed by atoms with Crippen LogP contribution in [0.4, 0.5) is 0 Å². The van der Waals surface area contributed by atoms with Crippen molar-refractivity contribution in [1.29, 1.82) is 0 Å². The Hall–Kier alpha value is 1.45. The van der Waals surface area contributed by atoms with E-state index >= 15 is 0 Å². The summed E-state index contributed by atoms with van der Waals surface area (Å²) in [6.07, 6.45) is 0. The maximum Gasteiger partial charge on any atom is 0.668 e. The first-order chi connectivity index (χ1) is 4.00. The second-order valence-electron chi connectivity index (χ2n) is 1.20. The Balaban J connectivity index is -0.0000000457. The summed E-state index contributed by atoms with van der Waals surface area (Å²) in [4.78, 5) is 58.6. The van der Waals surface area contributed by atoms with E-state index in [9.17, 15) is 0 Å². The molecule has 0 heterocycles. The van der Waals surface area contributed by atoms with Crippen molar-refractivity contribution in [2.24, 2.45) is 0 Å². The van der Waals surface area contributed by atoms with Crippen molar-refractivity contribution in [1.82, 2.24) is 0 Å². The standard InChI is InChI=1S/2H4O4Si.Ti.Zn/c2*1-5(2,3)4;;/h2*1-4H;;. The maximum absolute atomic E-state index is 7.33. The summed E-state index contributed by atoms with van der Waals surface area (Å²) >= 11 is 0. The molecule has 12 heavy (non-hydrogen) atoms. The Morgan fingerprint density at radius 2 is 0.500 bits per heavy atom. The van der Waals surface area contributed by atoms with Gasteiger partial charge in [0.05, 0.1) is 0 Å². The van der Waals surface area contributed by atoms with Gasteiger partial charge in [-0.15, -0.1) is 0 Å². The molecule has 0 saturated carbocycles. The van der Waals surface area contributed by atoms with E-state index in [1.165, 1.54) is 0 Å². The van der Waals surface area contributed by atoms with Crippen LogP contribution < -0.4 is 0 Å². The third kappa shape index (κ3) is 594. The van der Waals surface area contributed by atoms with E-state index in [-0.39, 0.29) is 41.2 Å². The molecule has 0 atom stereocenters. The number of hydrogen-bond donors (Lipinski definition) is 8. The van der Waals surface area contributed by atoms with E-state index in [0.29, 0.717) is 0 Å². The fourth-order valence-corrected chi connectivity index (χ4v) is 0. The smallest absolute Gasteiger partial charge is 0.368 e. The van der Waals surface area contributed by atoms with Gasteiger partial charge in [-0.2, -0.15) is 0 Å². The molecule has 0 aromatic rings. The molecule has 0 rings (SSSR count). The molecule has 0 amide bonds. The molecule has 0 saturated heterocycles. The minimum atomic E-state index is -4.61. The average Bonchev–Trinajstić information content (AvgIpc) is 1.12. The first-order valence-electron chi connectivity index (χ1n) is 1.79. The summed E-state index contributed by atoms with van der Waals surface area (Å²) < 4.78 is 0. The topological polar surface area (TPSA) is 162 Å². The quantitative estimate of drug-likeness (QED) is 0.206. The Labute approximate surface area is 97.4 Å². The van der Waals surface area contributed by atoms with Crippen LogP contribution in [0.15, 0.2) is 0 Å². The van der Waals surface area contributed by atoms with Gasteiger partial charge < -0.3 is 38.4 Å². The molecule has 8 N–H and O–H groups in total. The molecule has 0 radical (unpaired) electrons. The molecule has 0 aromatic heterocycles. The predicted octanol–water partition coefficient (Wildman–Crippen LogP) is -5.22. The summed E-state index contributed by atoms with van der Waals surface area (Å²) in [5.74, 6) is 0. The molecule has 0 unspecified atom stereocenters. The van der Waals surface area contributed by atoms with Gasteiger partial charge >= 0.3 is 18.1 Å². The van der Waals surface area contributed by atoms with Crippen LogP contribution in [0.3, 0.4) is 0 Å². The minimum Gasteiger partial charge on any atom is -0.368 e. The van der Waals surface area contributed by atoms with Gasteiger partial charge in [0.25, 0.3) is 0 Å². The van der Waals surface area contributed by atoms with Gasteiger partial charge in [0.2, 0.25) is 0 Å². The summed E-state index contributed by atoms with van der Waals surface area (Å²) in [7, 11) is -9.22. The van der Waals surface area contributed by atoms with Crippen LogP contribution in [0.2, 0.25) is 0 Å². The second-order valence-corrected chi connectivity index (χ2v) is 3.60. The largest absolute Gasteiger partial charge is 0.668 e. The van der Waals surface area contributed by atoms with Crippen LogP contribution in [0.1, 0.15) is 0 Å². The first-order valence-corrected chi connectivity index (χ1v) is 5.37. The van der Waals surface area contributed by atoms with Crippen LogP contribution in [0.25, 0.3) is 0 Å². The Morgan fingerprint density at radius 1 is 0.500 bits per heavy atom. The van der Waals surface area contributed by atoms with Crippen LogP contribution in [0, 0.1) is 0 Å². The molecule has 12 heteroatoms. The van der Waals surface area contributed by atoms with E-state index in [2.05, 4.69) is 0 Å². The summed E-state index contributed by atoms with van der Waals surface area (Å²) in [5.41, 5.74) is 0. The van der Waals surface area contributed by atoms with Gasteiger partial charge in [-0.1, -0.05) is 0 Å². The minimum absolute atomic E-state index is 0. The summed E-state index contributed by atoms with van der Waals surface area (Å²) in [6.45, 7) is 0. The monoisotopic (exact) mass is 304 g/mol. The fourth-order valence-electron chi connectivity index (χ4n) is 0. The van der Waals surface area contributed by atoms with Gasteiger partial charge in [0.15, 0.2) is 0 Å². The van der Waals surface area contributed by atoms with Crippen LogP contribution in [0.5, 0.6) is 0 Å². The molecule has 0 bridgehead atoms. The van der Waals surface area contributed by atoms with Crippen LogP contribution in [-0.2, 0) is 41.2 Å². The van der Waals surface area contributed by atoms with Gasteiger partial charge in [-0.05, 0) is 0 Å². The van der Waals surface area contributed by atoms with Crippen molar-refractivity contribution in [3.8, 4) is 0 Å². The van der Waals surface area contributed by atoms with Crippen molar-refractivity contribution in [2.45, 2.75) is 0 Å². The fraction of sp³-hybridized carbons (Fsp3) is 0. The van der Waals surface area contributed by atoms with E-state index in [1.54, 1.807) is 0 Å². The van der Waals surface area contributed by atoms with Crippen LogP contribution >= 0.6 is 0 Å². The van der Waals surface area contributed by atoms with Crippen molar-refractivity contribution in [3.63, 3.8) is 0 Å². The number of hydrogen-bond acceptors (Lipinski definition) is 8. The molecule has 0 fully saturated rings. The maximum atomic E-state index is 7.33. The van der Waals surface area contributed by atoms with Crippen molar-refractivity contribution in [2.75, 3.05) is 0 Å². The molecule has 0 aliphatic carbocycles. The summed E-state index contributed by atoms with van der Waals surface area (Å²) in [5, 5.41) is 0. The Morgan fingerprint density at radius 3 is 0.500 bits per heavy atom. The predicted molar refractivity (Wildman–Crippen MR) is 29.3 cm³/mol. The zero-order valence-electron chi connectivity index (χ0n) is 5.78. The molecular formula is H8O8Si2TiZn. The normalized spacial score (nSPS) is 10.0. The van der Waals surface area contributed by atoms with E-state index in [0.717, 1.165) is 0 Å². The Kier molecular flexibility index (Phi) is 17.6.